The second kappa shape index (κ2) is 9.41. The first-order valence-corrected chi connectivity index (χ1v) is 9.88. The van der Waals surface area contributed by atoms with Gasteiger partial charge in [-0.15, -0.1) is 0 Å². The van der Waals surface area contributed by atoms with Gasteiger partial charge >= 0.3 is 6.08 Å². The van der Waals surface area contributed by atoms with Crippen LogP contribution in [0.4, 0.5) is 30.7 Å². The summed E-state index contributed by atoms with van der Waals surface area (Å²) >= 11 is 5.47. The van der Waals surface area contributed by atoms with Gasteiger partial charge in [0.15, 0.2) is 5.83 Å². The van der Waals surface area contributed by atoms with Gasteiger partial charge in [-0.2, -0.15) is 8.78 Å². The summed E-state index contributed by atoms with van der Waals surface area (Å²) in [5.74, 6) is -5.89. The molecule has 0 aliphatic heterocycles. The minimum atomic E-state index is -2.64. The smallest absolute Gasteiger partial charge is 0.207 e. The van der Waals surface area contributed by atoms with E-state index in [0.29, 0.717) is 56.2 Å². The third kappa shape index (κ3) is 4.99. The fourth-order valence-electron chi connectivity index (χ4n) is 4.07. The Hall–Kier alpha value is -2.02. The summed E-state index contributed by atoms with van der Waals surface area (Å²) in [6.07, 6.45) is 0.700. The first-order valence-electron chi connectivity index (χ1n) is 9.50. The molecule has 2 aromatic rings. The van der Waals surface area contributed by atoms with Crippen molar-refractivity contribution in [2.45, 2.75) is 44.4 Å². The fraction of sp³-hybridized carbons (Fsp3) is 0.364. The minimum absolute atomic E-state index is 0.217. The summed E-state index contributed by atoms with van der Waals surface area (Å²) in [6.45, 7) is 0. The zero-order valence-electron chi connectivity index (χ0n) is 15.7. The lowest BCUT2D eigenvalue weighted by Gasteiger charge is -2.29. The van der Waals surface area contributed by atoms with Crippen LogP contribution in [-0.4, -0.2) is 0 Å². The van der Waals surface area contributed by atoms with Gasteiger partial charge in [0.25, 0.3) is 0 Å². The van der Waals surface area contributed by atoms with Crippen molar-refractivity contribution in [1.29, 1.82) is 0 Å². The normalized spacial score (nSPS) is 19.1. The average Bonchev–Trinajstić information content (AvgIpc) is 2.70. The first kappa shape index (κ1) is 22.7. The van der Waals surface area contributed by atoms with Crippen LogP contribution in [0.3, 0.4) is 0 Å². The second-order valence-corrected chi connectivity index (χ2v) is 7.94. The molecule has 0 spiro atoms. The van der Waals surface area contributed by atoms with Crippen molar-refractivity contribution in [2.24, 2.45) is 5.92 Å². The molecule has 0 amide bonds. The molecule has 0 unspecified atom stereocenters. The Morgan fingerprint density at radius 1 is 0.800 bits per heavy atom. The predicted molar refractivity (Wildman–Crippen MR) is 101 cm³/mol. The molecule has 0 N–H and O–H groups in total. The summed E-state index contributed by atoms with van der Waals surface area (Å²) in [5.41, 5.74) is -0.560. The molecule has 0 bridgehead atoms. The van der Waals surface area contributed by atoms with Gasteiger partial charge in [-0.05, 0) is 80.2 Å². The summed E-state index contributed by atoms with van der Waals surface area (Å²) in [5, 5.41) is -0.543. The van der Waals surface area contributed by atoms with Crippen molar-refractivity contribution in [3.05, 3.63) is 75.3 Å². The van der Waals surface area contributed by atoms with Crippen LogP contribution >= 0.6 is 11.6 Å². The zero-order valence-corrected chi connectivity index (χ0v) is 16.5. The Bertz CT molecular complexity index is 912. The molecule has 1 aliphatic carbocycles. The molecular weight excluding hydrogens is 433 g/mol. The van der Waals surface area contributed by atoms with E-state index in [-0.39, 0.29) is 11.5 Å². The topological polar surface area (TPSA) is 0 Å². The summed E-state index contributed by atoms with van der Waals surface area (Å²) in [7, 11) is 0. The van der Waals surface area contributed by atoms with Crippen LogP contribution in [0.15, 0.2) is 30.3 Å². The van der Waals surface area contributed by atoms with Crippen molar-refractivity contribution >= 4 is 17.4 Å². The second-order valence-electron chi connectivity index (χ2n) is 7.56. The summed E-state index contributed by atoms with van der Waals surface area (Å²) < 4.78 is 93.7. The van der Waals surface area contributed by atoms with Crippen molar-refractivity contribution in [3.63, 3.8) is 0 Å². The average molecular weight is 451 g/mol. The number of aryl methyl sites for hydroxylation is 1. The third-order valence-corrected chi connectivity index (χ3v) is 6.00. The Balaban J connectivity index is 1.62. The highest BCUT2D eigenvalue weighted by Gasteiger charge is 2.28. The molecule has 2 aromatic carbocycles. The summed E-state index contributed by atoms with van der Waals surface area (Å²) in [6, 6.07) is 3.56. The number of benzene rings is 2. The number of hydrogen-bond donors (Lipinski definition) is 0. The molecule has 0 heterocycles. The van der Waals surface area contributed by atoms with Gasteiger partial charge < -0.3 is 0 Å². The Labute approximate surface area is 174 Å². The largest absolute Gasteiger partial charge is 0.306 e. The van der Waals surface area contributed by atoms with E-state index in [1.807, 2.05) is 0 Å². The molecule has 3 rings (SSSR count). The maximum absolute atomic E-state index is 14.3. The van der Waals surface area contributed by atoms with Crippen LogP contribution in [0, 0.1) is 29.2 Å². The van der Waals surface area contributed by atoms with E-state index in [9.17, 15) is 30.7 Å². The van der Waals surface area contributed by atoms with Crippen molar-refractivity contribution < 1.29 is 30.7 Å². The van der Waals surface area contributed by atoms with E-state index >= 15 is 0 Å². The maximum atomic E-state index is 14.3. The lowest BCUT2D eigenvalue weighted by Crippen LogP contribution is -2.16. The molecule has 8 heteroatoms. The van der Waals surface area contributed by atoms with Gasteiger partial charge in [0.2, 0.25) is 0 Å². The molecule has 30 heavy (non-hydrogen) atoms. The molecule has 1 fully saturated rings. The molecule has 162 valence electrons. The zero-order chi connectivity index (χ0) is 22.0. The molecule has 1 saturated carbocycles. The highest BCUT2D eigenvalue weighted by Crippen LogP contribution is 2.40. The van der Waals surface area contributed by atoms with Crippen LogP contribution in [0.5, 0.6) is 0 Å². The summed E-state index contributed by atoms with van der Waals surface area (Å²) in [4.78, 5) is 0. The fourth-order valence-corrected chi connectivity index (χ4v) is 4.18. The van der Waals surface area contributed by atoms with Gasteiger partial charge in [-0.25, -0.2) is 22.0 Å². The Kier molecular flexibility index (Phi) is 7.11. The van der Waals surface area contributed by atoms with Crippen LogP contribution in [0.25, 0.3) is 5.83 Å². The molecular formula is C22H18ClF7. The van der Waals surface area contributed by atoms with E-state index in [0.717, 1.165) is 0 Å². The highest BCUT2D eigenvalue weighted by atomic mass is 35.5. The molecule has 0 radical (unpaired) electrons. The number of rotatable bonds is 5. The monoisotopic (exact) mass is 450 g/mol. The van der Waals surface area contributed by atoms with E-state index in [2.05, 4.69) is 0 Å². The third-order valence-electron chi connectivity index (χ3n) is 5.64. The standard InChI is InChI=1S/C22H18ClF7/c23-20-17(26)7-12(8-18(20)27)2-1-11-3-5-13(6-4-11)19-15(24)9-14(10-16(19)25)21(28)22(29)30/h7-11,13H,1-6H2. The van der Waals surface area contributed by atoms with E-state index in [1.54, 1.807) is 0 Å². The number of halogens is 8. The van der Waals surface area contributed by atoms with Crippen molar-refractivity contribution in [3.8, 4) is 0 Å². The van der Waals surface area contributed by atoms with Gasteiger partial charge in [-0.1, -0.05) is 11.6 Å². The SMILES string of the molecule is FC(F)=C(F)c1cc(F)c(C2CCC(CCc3cc(F)c(Cl)c(F)c3)CC2)c(F)c1. The van der Waals surface area contributed by atoms with Crippen LogP contribution in [-0.2, 0) is 6.42 Å². The van der Waals surface area contributed by atoms with Gasteiger partial charge in [0.1, 0.15) is 28.3 Å². The Morgan fingerprint density at radius 3 is 1.83 bits per heavy atom. The van der Waals surface area contributed by atoms with Crippen LogP contribution < -0.4 is 0 Å². The van der Waals surface area contributed by atoms with Crippen LogP contribution in [0.1, 0.15) is 54.7 Å². The molecule has 0 atom stereocenters. The van der Waals surface area contributed by atoms with E-state index in [4.69, 9.17) is 11.6 Å². The van der Waals surface area contributed by atoms with Gasteiger partial charge in [0.05, 0.1) is 0 Å². The Morgan fingerprint density at radius 2 is 1.33 bits per heavy atom. The van der Waals surface area contributed by atoms with Crippen LogP contribution in [0.2, 0.25) is 5.02 Å². The molecule has 0 aromatic heterocycles. The number of hydrogen-bond acceptors (Lipinski definition) is 0. The first-order chi connectivity index (χ1) is 14.2. The van der Waals surface area contributed by atoms with Gasteiger partial charge in [-0.3, -0.25) is 0 Å². The van der Waals surface area contributed by atoms with E-state index in [1.165, 1.54) is 12.1 Å². The lowest BCUT2D eigenvalue weighted by atomic mass is 9.76. The minimum Gasteiger partial charge on any atom is -0.207 e. The molecule has 0 saturated heterocycles. The van der Waals surface area contributed by atoms with E-state index < -0.39 is 51.7 Å². The maximum Gasteiger partial charge on any atom is 0.306 e. The quantitative estimate of drug-likeness (QED) is 0.317. The van der Waals surface area contributed by atoms with Crippen molar-refractivity contribution in [1.82, 2.24) is 0 Å². The van der Waals surface area contributed by atoms with Gasteiger partial charge in [0, 0.05) is 11.1 Å². The molecule has 1 aliphatic rings. The highest BCUT2D eigenvalue weighted by molar-refractivity contribution is 6.30. The lowest BCUT2D eigenvalue weighted by molar-refractivity contribution is 0.301. The van der Waals surface area contributed by atoms with Crippen molar-refractivity contribution in [2.75, 3.05) is 0 Å². The predicted octanol–water partition coefficient (Wildman–Crippen LogP) is 8.34. The molecule has 0 nitrogen and oxygen atoms in total.